The molecule has 10 aromatic carbocycles. The summed E-state index contributed by atoms with van der Waals surface area (Å²) in [4.78, 5) is 193. The average Bonchev–Trinajstić information content (AvgIpc) is 1.58. The number of Topliss-reactive ketones (excluding diaryl/α,β-unsaturated/α-hetero) is 12. The van der Waals surface area contributed by atoms with Crippen molar-refractivity contribution in [3.63, 3.8) is 0 Å². The van der Waals surface area contributed by atoms with Crippen molar-refractivity contribution in [3.05, 3.63) is 414 Å². The summed E-state index contributed by atoms with van der Waals surface area (Å²) in [5, 5.41) is 0.435. The van der Waals surface area contributed by atoms with E-state index < -0.39 is 69.4 Å². The van der Waals surface area contributed by atoms with Crippen molar-refractivity contribution in [2.24, 2.45) is 0 Å². The van der Waals surface area contributed by atoms with Crippen molar-refractivity contribution in [2.75, 3.05) is 0 Å². The molecule has 26 nitrogen and oxygen atoms in total. The molecule has 0 radical (unpaired) electrons. The second-order valence-corrected chi connectivity index (χ2v) is 35.0. The Morgan fingerprint density at radius 3 is 1.13 bits per heavy atom. The van der Waals surface area contributed by atoms with Gasteiger partial charge in [0.25, 0.3) is 34.7 Å². The maximum absolute atomic E-state index is 13.1. The molecule has 141 heavy (non-hydrogen) atoms. The van der Waals surface area contributed by atoms with Crippen LogP contribution < -0.4 is 4.74 Å². The van der Waals surface area contributed by atoms with Gasteiger partial charge in [-0.15, -0.1) is 0 Å². The lowest BCUT2D eigenvalue weighted by molar-refractivity contribution is 0.0809. The van der Waals surface area contributed by atoms with Gasteiger partial charge >= 0.3 is 0 Å². The number of aromatic amines is 5. The molecular formula is C112H88ClF2N13O13. The first-order valence-corrected chi connectivity index (χ1v) is 45.9. The van der Waals surface area contributed by atoms with Crippen LogP contribution >= 0.6 is 11.6 Å². The van der Waals surface area contributed by atoms with Gasteiger partial charge in [0.15, 0.2) is 0 Å². The number of ketones is 12. The lowest BCUT2D eigenvalue weighted by Crippen LogP contribution is -2.26. The van der Waals surface area contributed by atoms with E-state index in [1.807, 2.05) is 167 Å². The van der Waals surface area contributed by atoms with Gasteiger partial charge in [0.2, 0.25) is 34.7 Å². The van der Waals surface area contributed by atoms with Crippen molar-refractivity contribution < 1.29 is 71.1 Å². The van der Waals surface area contributed by atoms with Gasteiger partial charge in [-0.3, -0.25) is 62.5 Å². The number of fused-ring (bicyclic) bond motifs is 18. The Labute approximate surface area is 811 Å². The third-order valence-corrected chi connectivity index (χ3v) is 24.3. The number of H-pyrrole nitrogens is 5. The van der Waals surface area contributed by atoms with Crippen LogP contribution in [0.15, 0.2) is 267 Å². The van der Waals surface area contributed by atoms with Crippen LogP contribution in [0.1, 0.15) is 229 Å². The third-order valence-electron chi connectivity index (χ3n) is 24.1. The maximum atomic E-state index is 13.1. The van der Waals surface area contributed by atoms with Gasteiger partial charge in [-0.05, 0) is 115 Å². The Balaban J connectivity index is 0.000000116. The molecular weight excluding hydrogens is 1810 g/mol. The van der Waals surface area contributed by atoms with E-state index in [0.29, 0.717) is 185 Å². The molecule has 6 aliphatic rings. The van der Waals surface area contributed by atoms with Crippen LogP contribution in [0.2, 0.25) is 5.02 Å². The number of carbonyl (C=O) groups excluding carboxylic acids is 12. The Morgan fingerprint density at radius 1 is 0.312 bits per heavy atom. The zero-order valence-corrected chi connectivity index (χ0v) is 78.0. The zero-order chi connectivity index (χ0) is 99.2. The molecule has 7 aromatic heterocycles. The van der Waals surface area contributed by atoms with Crippen molar-refractivity contribution in [1.82, 2.24) is 64.4 Å². The first-order valence-electron chi connectivity index (χ1n) is 45.5. The smallest absolute Gasteiger partial charge is 0.252 e. The Kier molecular flexibility index (Phi) is 27.6. The molecule has 29 heteroatoms. The zero-order valence-electron chi connectivity index (χ0n) is 77.3. The number of nitrogens with zero attached hydrogens (tertiary/aromatic N) is 8. The number of imidazole rings is 6. The summed E-state index contributed by atoms with van der Waals surface area (Å²) in [6.07, 6.45) is 6.63. The molecule has 0 unspecified atom stereocenters. The van der Waals surface area contributed by atoms with E-state index >= 15 is 0 Å². The van der Waals surface area contributed by atoms with E-state index in [9.17, 15) is 66.3 Å². The number of rotatable bonds is 14. The van der Waals surface area contributed by atoms with Crippen LogP contribution in [0.25, 0.3) is 67.7 Å². The van der Waals surface area contributed by atoms with Crippen LogP contribution in [-0.4, -0.2) is 134 Å². The second kappa shape index (κ2) is 40.9. The molecule has 23 rings (SSSR count). The number of aryl methyl sites for hydroxylation is 8. The molecule has 0 bridgehead atoms. The maximum Gasteiger partial charge on any atom is 0.252 e. The van der Waals surface area contributed by atoms with Gasteiger partial charge in [-0.25, -0.2) is 38.7 Å². The van der Waals surface area contributed by atoms with E-state index in [4.69, 9.17) is 21.3 Å². The number of ether oxygens (including phenoxy) is 1. The molecule has 0 aliphatic heterocycles. The summed E-state index contributed by atoms with van der Waals surface area (Å²) in [5.74, 6) is -2.24. The number of halogens is 3. The largest absolute Gasteiger partial charge is 0.485 e. The SMILES string of the molecule is CC(C)(C)c1nc2c(n1Cc1ccccc1)C(=O)C(=O)c1cccnc1-2.CCc1nc2c([nH]1)C(=O)C(=O)c1cc(CCc3ccc(F)cc3)ccc1-2.CCc1nc2c([nH]1)C(=O)C(=O)c1cc(Cl)ccc1-2.CCc1nc2c([nH]1)C(=O)C(=O)c1ccccc1-2.Cc1cc(F)ccc1OCc1nc2c([nH]1)C(=O)C(=O)c1ccccc1-2.O=C1C(=O)c2[nH]c(CCc3ccccc3)nc2-c2ccccc21.c1ccccc1. The van der Waals surface area contributed by atoms with E-state index in [1.165, 1.54) is 42.0 Å². The van der Waals surface area contributed by atoms with Crippen LogP contribution in [0.4, 0.5) is 8.78 Å². The standard InChI is InChI=1S/C21H17FN2O2.C21H19N3O2.C19H13FN2O3.C19H14N2O2.C13H9ClN2O2.C13H10N2O2.C6H6/c1-2-17-23-18-15-10-7-13(4-3-12-5-8-14(22)9-6-12)11-16(15)20(25)21(26)19(18)24-17;1-21(2,3)20-23-16-15-14(10-7-11-22-15)18(25)19(26)17(16)24(20)12-13-8-5-4-6-9-13;1-10-8-11(20)6-7-14(10)25-9-15-21-16-12-4-2-3-5-13(12)18(23)19(24)17(16)22-15;22-18-14-9-5-4-8-13(14)16-17(19(18)23)21-15(20-16)11-10-12-6-2-1-3-7-12;1-2-9-15-10-7-4-3-6(14)5-8(7)12(17)13(18)11(10)16-9;1-2-9-14-10-7-5-3-4-6-8(7)12(16)13(17)11(10)15-9;1-2-4-6-5-3-1/h5-11H,2-4H2,1H3,(H,23,24);4-11H,12H2,1-3H3;2-8H,9H2,1H3,(H,21,22);1-9H,10-11H2,(H,20,21);3-5H,2H2,1H3,(H,15,16);3-6H,2H2,1H3,(H,14,15);1-6H. The Hall–Kier alpha value is -17.4. The molecule has 5 N–H and O–H groups in total. The number of hydrogen-bond donors (Lipinski definition) is 5. The normalized spacial score (nSPS) is 12.9. The summed E-state index contributed by atoms with van der Waals surface area (Å²) >= 11 is 5.86. The number of carbonyl (C=O) groups is 12. The van der Waals surface area contributed by atoms with Crippen molar-refractivity contribution in [1.29, 1.82) is 0 Å². The number of nitrogens with one attached hydrogen (secondary N) is 5. The monoisotopic (exact) mass is 1900 g/mol. The van der Waals surface area contributed by atoms with Gasteiger partial charge in [0.1, 0.15) is 133 Å². The summed E-state index contributed by atoms with van der Waals surface area (Å²) in [6.45, 7) is 14.3. The molecule has 17 aromatic rings. The predicted octanol–water partition coefficient (Wildman–Crippen LogP) is 20.7. The molecule has 0 fully saturated rings. The highest BCUT2D eigenvalue weighted by Crippen LogP contribution is 2.41. The lowest BCUT2D eigenvalue weighted by Gasteiger charge is -2.21. The van der Waals surface area contributed by atoms with Crippen molar-refractivity contribution >= 4 is 81.0 Å². The van der Waals surface area contributed by atoms with Crippen LogP contribution in [-0.2, 0) is 63.5 Å². The van der Waals surface area contributed by atoms with Gasteiger partial charge in [-0.1, -0.05) is 253 Å². The van der Waals surface area contributed by atoms with E-state index in [-0.39, 0.29) is 35.0 Å². The fraction of sp³-hybridized carbons (Fsp3) is 0.152. The highest BCUT2D eigenvalue weighted by molar-refractivity contribution is 6.56. The molecule has 0 atom stereocenters. The molecule has 0 saturated heterocycles. The van der Waals surface area contributed by atoms with E-state index in [0.717, 1.165) is 58.1 Å². The predicted molar refractivity (Wildman–Crippen MR) is 524 cm³/mol. The third kappa shape index (κ3) is 19.7. The van der Waals surface area contributed by atoms with Gasteiger partial charge in [0.05, 0.1) is 5.56 Å². The first-order chi connectivity index (χ1) is 68.1. The summed E-state index contributed by atoms with van der Waals surface area (Å²) < 4.78 is 33.7. The van der Waals surface area contributed by atoms with Crippen LogP contribution in [0.3, 0.4) is 0 Å². The van der Waals surface area contributed by atoms with Gasteiger partial charge < -0.3 is 34.2 Å². The molecule has 0 amide bonds. The van der Waals surface area contributed by atoms with Crippen molar-refractivity contribution in [2.45, 2.75) is 112 Å². The number of benzene rings is 10. The topological polar surface area (TPSA) is 388 Å². The minimum Gasteiger partial charge on any atom is -0.485 e. The van der Waals surface area contributed by atoms with Crippen LogP contribution in [0.5, 0.6) is 5.75 Å². The summed E-state index contributed by atoms with van der Waals surface area (Å²) in [5.41, 5.74) is 15.9. The quantitative estimate of drug-likeness (QED) is 0.0631. The van der Waals surface area contributed by atoms with E-state index in [2.05, 4.69) is 67.0 Å². The highest BCUT2D eigenvalue weighted by atomic mass is 35.5. The highest BCUT2D eigenvalue weighted by Gasteiger charge is 2.42. The molecule has 7 heterocycles. The first kappa shape index (κ1) is 95.3. The van der Waals surface area contributed by atoms with Gasteiger partial charge in [-0.2, -0.15) is 0 Å². The Morgan fingerprint density at radius 2 is 0.667 bits per heavy atom. The van der Waals surface area contributed by atoms with E-state index in [1.54, 1.807) is 104 Å². The number of hydrogen-bond acceptors (Lipinski definition) is 20. The number of pyridine rings is 1. The summed E-state index contributed by atoms with van der Waals surface area (Å²) in [6, 6.07) is 77.5. The number of aromatic nitrogens is 13. The Bertz CT molecular complexity index is 7870. The fourth-order valence-corrected chi connectivity index (χ4v) is 17.2. The minimum absolute atomic E-state index is 0.0725. The minimum atomic E-state index is -0.606. The molecule has 700 valence electrons. The molecule has 0 saturated carbocycles. The summed E-state index contributed by atoms with van der Waals surface area (Å²) in [7, 11) is 0. The fourth-order valence-electron chi connectivity index (χ4n) is 17.0. The lowest BCUT2D eigenvalue weighted by atomic mass is 9.88. The van der Waals surface area contributed by atoms with Crippen LogP contribution in [0, 0.1) is 18.6 Å². The molecule has 6 aliphatic carbocycles. The van der Waals surface area contributed by atoms with Crippen molar-refractivity contribution in [3.8, 4) is 73.4 Å². The molecule has 0 spiro atoms. The second-order valence-electron chi connectivity index (χ2n) is 34.6. The average molecular weight is 1900 g/mol. The van der Waals surface area contributed by atoms with Gasteiger partial charge in [0, 0.05) is 104 Å².